The number of rotatable bonds is 4. The van der Waals surface area contributed by atoms with Crippen LogP contribution in [0.15, 0.2) is 51.7 Å². The number of thiazole rings is 1. The Morgan fingerprint density at radius 3 is 2.88 bits per heavy atom. The molecule has 0 unspecified atom stereocenters. The van der Waals surface area contributed by atoms with Gasteiger partial charge in [0.15, 0.2) is 0 Å². The van der Waals surface area contributed by atoms with Gasteiger partial charge in [-0.05, 0) is 48.7 Å². The summed E-state index contributed by atoms with van der Waals surface area (Å²) < 4.78 is 6.53. The van der Waals surface area contributed by atoms with Crippen molar-refractivity contribution >= 4 is 38.2 Å². The van der Waals surface area contributed by atoms with Gasteiger partial charge in [0.25, 0.3) is 0 Å². The molecule has 0 atom stereocenters. The molecule has 2 heterocycles. The number of nitrogens with one attached hydrogen (secondary N) is 1. The van der Waals surface area contributed by atoms with E-state index in [0.717, 1.165) is 43.8 Å². The number of fused-ring (bicyclic) bond motifs is 2. The van der Waals surface area contributed by atoms with Crippen molar-refractivity contribution in [3.8, 4) is 0 Å². The van der Waals surface area contributed by atoms with Crippen LogP contribution < -0.4 is 10.9 Å². The highest BCUT2D eigenvalue weighted by molar-refractivity contribution is 7.18. The van der Waals surface area contributed by atoms with E-state index in [1.807, 2.05) is 31.2 Å². The van der Waals surface area contributed by atoms with Crippen molar-refractivity contribution in [3.63, 3.8) is 0 Å². The molecule has 0 aliphatic rings. The minimum atomic E-state index is -0.314. The van der Waals surface area contributed by atoms with Crippen molar-refractivity contribution in [3.05, 3.63) is 69.0 Å². The van der Waals surface area contributed by atoms with Crippen LogP contribution in [0.5, 0.6) is 0 Å². The maximum atomic E-state index is 11.9. The van der Waals surface area contributed by atoms with Crippen LogP contribution in [-0.2, 0) is 13.0 Å². The average molecular weight is 350 g/mol. The SMILES string of the molecule is CCc1ccc2c(CNc3ccc4nc(C)sc4c3)cc(=O)oc2c1. The van der Waals surface area contributed by atoms with Gasteiger partial charge in [0.05, 0.1) is 15.2 Å². The number of aromatic nitrogens is 1. The molecule has 0 amide bonds. The molecule has 0 radical (unpaired) electrons. The smallest absolute Gasteiger partial charge is 0.336 e. The van der Waals surface area contributed by atoms with Crippen molar-refractivity contribution in [2.75, 3.05) is 5.32 Å². The van der Waals surface area contributed by atoms with Crippen LogP contribution in [0.1, 0.15) is 23.1 Å². The van der Waals surface area contributed by atoms with Gasteiger partial charge in [0.1, 0.15) is 5.58 Å². The molecule has 0 fully saturated rings. The van der Waals surface area contributed by atoms with Gasteiger partial charge in [-0.3, -0.25) is 0 Å². The lowest BCUT2D eigenvalue weighted by Crippen LogP contribution is -2.06. The second-order valence-electron chi connectivity index (χ2n) is 6.04. The van der Waals surface area contributed by atoms with Gasteiger partial charge in [-0.2, -0.15) is 0 Å². The summed E-state index contributed by atoms with van der Waals surface area (Å²) >= 11 is 1.68. The molecule has 0 aliphatic carbocycles. The van der Waals surface area contributed by atoms with Crippen LogP contribution in [0.2, 0.25) is 0 Å². The quantitative estimate of drug-likeness (QED) is 0.533. The number of hydrogen-bond acceptors (Lipinski definition) is 5. The lowest BCUT2D eigenvalue weighted by atomic mass is 10.1. The van der Waals surface area contributed by atoms with Crippen LogP contribution in [0.4, 0.5) is 5.69 Å². The van der Waals surface area contributed by atoms with E-state index in [1.165, 1.54) is 0 Å². The highest BCUT2D eigenvalue weighted by Crippen LogP contribution is 2.26. The van der Waals surface area contributed by atoms with Crippen LogP contribution in [-0.4, -0.2) is 4.98 Å². The maximum Gasteiger partial charge on any atom is 0.336 e. The van der Waals surface area contributed by atoms with E-state index in [0.29, 0.717) is 12.1 Å². The fourth-order valence-electron chi connectivity index (χ4n) is 2.99. The molecule has 0 spiro atoms. The van der Waals surface area contributed by atoms with Gasteiger partial charge in [-0.25, -0.2) is 9.78 Å². The number of hydrogen-bond donors (Lipinski definition) is 1. The van der Waals surface area contributed by atoms with Gasteiger partial charge in [0, 0.05) is 23.7 Å². The Kier molecular flexibility index (Phi) is 4.01. The molecule has 4 rings (SSSR count). The monoisotopic (exact) mass is 350 g/mol. The third kappa shape index (κ3) is 3.15. The molecule has 4 nitrogen and oxygen atoms in total. The van der Waals surface area contributed by atoms with Crippen LogP contribution in [0.3, 0.4) is 0 Å². The molecule has 126 valence electrons. The maximum absolute atomic E-state index is 11.9. The zero-order valence-corrected chi connectivity index (χ0v) is 14.9. The molecule has 0 saturated heterocycles. The zero-order chi connectivity index (χ0) is 17.4. The molecule has 0 aliphatic heterocycles. The Bertz CT molecular complexity index is 1130. The second-order valence-corrected chi connectivity index (χ2v) is 7.28. The predicted octanol–water partition coefficient (Wildman–Crippen LogP) is 4.89. The van der Waals surface area contributed by atoms with Crippen molar-refractivity contribution in [1.29, 1.82) is 0 Å². The lowest BCUT2D eigenvalue weighted by molar-refractivity contribution is 0.559. The molecule has 2 aromatic heterocycles. The summed E-state index contributed by atoms with van der Waals surface area (Å²) in [5.41, 5.74) is 4.47. The van der Waals surface area contributed by atoms with E-state index >= 15 is 0 Å². The van der Waals surface area contributed by atoms with Gasteiger partial charge >= 0.3 is 5.63 Å². The normalized spacial score (nSPS) is 11.3. The Labute approximate surface area is 149 Å². The Balaban J connectivity index is 1.66. The van der Waals surface area contributed by atoms with Crippen LogP contribution in [0.25, 0.3) is 21.2 Å². The minimum absolute atomic E-state index is 0.314. The Morgan fingerprint density at radius 1 is 1.16 bits per heavy atom. The van der Waals surface area contributed by atoms with Crippen molar-refractivity contribution in [2.24, 2.45) is 0 Å². The van der Waals surface area contributed by atoms with E-state index in [9.17, 15) is 4.79 Å². The Morgan fingerprint density at radius 2 is 2.04 bits per heavy atom. The third-order valence-electron chi connectivity index (χ3n) is 4.28. The van der Waals surface area contributed by atoms with Crippen molar-refractivity contribution in [2.45, 2.75) is 26.8 Å². The first-order valence-corrected chi connectivity index (χ1v) is 9.11. The summed E-state index contributed by atoms with van der Waals surface area (Å²) in [4.78, 5) is 16.4. The van der Waals surface area contributed by atoms with E-state index in [-0.39, 0.29) is 5.63 Å². The first-order chi connectivity index (χ1) is 12.1. The van der Waals surface area contributed by atoms with Crippen LogP contribution >= 0.6 is 11.3 Å². The summed E-state index contributed by atoms with van der Waals surface area (Å²) in [6.45, 7) is 4.66. The van der Waals surface area contributed by atoms with E-state index in [1.54, 1.807) is 17.4 Å². The van der Waals surface area contributed by atoms with Gasteiger partial charge < -0.3 is 9.73 Å². The minimum Gasteiger partial charge on any atom is -0.423 e. The highest BCUT2D eigenvalue weighted by atomic mass is 32.1. The van der Waals surface area contributed by atoms with E-state index in [4.69, 9.17) is 4.42 Å². The molecule has 25 heavy (non-hydrogen) atoms. The average Bonchev–Trinajstić information content (AvgIpc) is 2.98. The van der Waals surface area contributed by atoms with E-state index < -0.39 is 0 Å². The highest BCUT2D eigenvalue weighted by Gasteiger charge is 2.07. The topological polar surface area (TPSA) is 55.1 Å². The summed E-state index contributed by atoms with van der Waals surface area (Å²) in [6, 6.07) is 13.8. The lowest BCUT2D eigenvalue weighted by Gasteiger charge is -2.09. The molecule has 4 aromatic rings. The summed E-state index contributed by atoms with van der Waals surface area (Å²) in [7, 11) is 0. The summed E-state index contributed by atoms with van der Waals surface area (Å²) in [5.74, 6) is 0. The molecule has 2 aromatic carbocycles. The van der Waals surface area contributed by atoms with Gasteiger partial charge in [0.2, 0.25) is 0 Å². The van der Waals surface area contributed by atoms with Crippen molar-refractivity contribution in [1.82, 2.24) is 4.98 Å². The Hall–Kier alpha value is -2.66. The molecule has 0 bridgehead atoms. The number of aryl methyl sites for hydroxylation is 2. The standard InChI is InChI=1S/C20H18N2O2S/c1-3-13-4-6-16-14(9-20(23)24-18(16)8-13)11-21-15-5-7-17-19(10-15)25-12(2)22-17/h4-10,21H,3,11H2,1-2H3. The first-order valence-electron chi connectivity index (χ1n) is 8.29. The zero-order valence-electron chi connectivity index (χ0n) is 14.1. The molecule has 5 heteroatoms. The first kappa shape index (κ1) is 15.8. The number of benzene rings is 2. The molecular weight excluding hydrogens is 332 g/mol. The van der Waals surface area contributed by atoms with Crippen molar-refractivity contribution < 1.29 is 4.42 Å². The third-order valence-corrected chi connectivity index (χ3v) is 5.21. The number of anilines is 1. The van der Waals surface area contributed by atoms with Crippen LogP contribution in [0, 0.1) is 6.92 Å². The largest absolute Gasteiger partial charge is 0.423 e. The predicted molar refractivity (Wildman–Crippen MR) is 104 cm³/mol. The molecule has 1 N–H and O–H groups in total. The van der Waals surface area contributed by atoms with Gasteiger partial charge in [-0.15, -0.1) is 11.3 Å². The summed E-state index contributed by atoms with van der Waals surface area (Å²) in [5, 5.41) is 5.44. The number of nitrogens with zero attached hydrogens (tertiary/aromatic N) is 1. The van der Waals surface area contributed by atoms with E-state index in [2.05, 4.69) is 29.4 Å². The fraction of sp³-hybridized carbons (Fsp3) is 0.200. The second kappa shape index (κ2) is 6.33. The molecule has 0 saturated carbocycles. The fourth-order valence-corrected chi connectivity index (χ4v) is 3.85. The van der Waals surface area contributed by atoms with Gasteiger partial charge in [-0.1, -0.05) is 19.1 Å². The molecular formula is C20H18N2O2S. The summed E-state index contributed by atoms with van der Waals surface area (Å²) in [6.07, 6.45) is 0.913.